The van der Waals surface area contributed by atoms with E-state index in [9.17, 15) is 4.79 Å². The predicted octanol–water partition coefficient (Wildman–Crippen LogP) is 6.55. The van der Waals surface area contributed by atoms with Crippen LogP contribution in [0.2, 0.25) is 0 Å². The van der Waals surface area contributed by atoms with Gasteiger partial charge in [0, 0.05) is 35.3 Å². The number of nitrogens with zero attached hydrogens (tertiary/aromatic N) is 4. The third-order valence-electron chi connectivity index (χ3n) is 6.73. The number of benzene rings is 3. The molecule has 3 heterocycles. The summed E-state index contributed by atoms with van der Waals surface area (Å²) in [6.45, 7) is 2.96. The van der Waals surface area contributed by atoms with E-state index in [-0.39, 0.29) is 5.91 Å². The van der Waals surface area contributed by atoms with E-state index < -0.39 is 0 Å². The van der Waals surface area contributed by atoms with Gasteiger partial charge in [-0.2, -0.15) is 0 Å². The van der Waals surface area contributed by atoms with Crippen molar-refractivity contribution in [3.63, 3.8) is 0 Å². The number of anilines is 1. The van der Waals surface area contributed by atoms with Crippen LogP contribution in [-0.4, -0.2) is 25.7 Å². The first kappa shape index (κ1) is 22.9. The SMILES string of the molecule is Cc1ccc(-c2cnc(-c3ccccc3C(=O)Nc3cccc(-c4nnc5n4CCCCC5)c3)o2)cc1. The molecule has 3 aromatic carbocycles. The average molecular weight is 490 g/mol. The third-order valence-corrected chi connectivity index (χ3v) is 6.73. The van der Waals surface area contributed by atoms with Crippen LogP contribution in [0.4, 0.5) is 5.69 Å². The summed E-state index contributed by atoms with van der Waals surface area (Å²) in [5.41, 5.74) is 4.86. The van der Waals surface area contributed by atoms with Gasteiger partial charge < -0.3 is 14.3 Å². The van der Waals surface area contributed by atoms with Crippen LogP contribution in [0.15, 0.2) is 83.4 Å². The number of fused-ring (bicyclic) bond motifs is 1. The second-order valence-electron chi connectivity index (χ2n) is 9.38. The van der Waals surface area contributed by atoms with Crippen molar-refractivity contribution in [1.29, 1.82) is 0 Å². The van der Waals surface area contributed by atoms with E-state index in [0.717, 1.165) is 48.6 Å². The van der Waals surface area contributed by atoms with Crippen molar-refractivity contribution >= 4 is 11.6 Å². The zero-order chi connectivity index (χ0) is 25.2. The molecule has 7 nitrogen and oxygen atoms in total. The average Bonchev–Trinajstić information content (AvgIpc) is 3.51. The minimum absolute atomic E-state index is 0.233. The Morgan fingerprint density at radius 1 is 0.919 bits per heavy atom. The van der Waals surface area contributed by atoms with Crippen LogP contribution in [0.25, 0.3) is 34.2 Å². The molecule has 1 amide bonds. The Bertz CT molecular complexity index is 1570. The van der Waals surface area contributed by atoms with E-state index in [1.807, 2.05) is 73.7 Å². The number of amides is 1. The first-order valence-electron chi connectivity index (χ1n) is 12.6. The molecule has 0 fully saturated rings. The van der Waals surface area contributed by atoms with E-state index in [4.69, 9.17) is 4.42 Å². The van der Waals surface area contributed by atoms with Gasteiger partial charge in [-0.05, 0) is 44.0 Å². The first-order chi connectivity index (χ1) is 18.2. The monoisotopic (exact) mass is 489 g/mol. The molecule has 0 saturated heterocycles. The number of nitrogens with one attached hydrogen (secondary N) is 1. The summed E-state index contributed by atoms with van der Waals surface area (Å²) in [6, 6.07) is 23.2. The second kappa shape index (κ2) is 9.85. The number of carbonyl (C=O) groups excluding carboxylic acids is 1. The lowest BCUT2D eigenvalue weighted by atomic mass is 10.1. The molecule has 184 valence electrons. The first-order valence-corrected chi connectivity index (χ1v) is 12.6. The maximum Gasteiger partial charge on any atom is 0.256 e. The molecule has 0 spiro atoms. The summed E-state index contributed by atoms with van der Waals surface area (Å²) in [5, 5.41) is 11.9. The minimum atomic E-state index is -0.233. The standard InChI is InChI=1S/C30H27N5O2/c1-20-13-15-21(16-14-20)26-19-31-30(37-26)25-11-5-4-10-24(25)29(36)32-23-9-7-8-22(18-23)28-34-33-27-12-3-2-6-17-35(27)28/h4-5,7-11,13-16,18-19H,2-3,6,12,17H2,1H3,(H,32,36). The number of aryl methyl sites for hydroxylation is 2. The van der Waals surface area contributed by atoms with Crippen LogP contribution < -0.4 is 5.32 Å². The van der Waals surface area contributed by atoms with Crippen LogP contribution in [0.5, 0.6) is 0 Å². The molecule has 7 heteroatoms. The van der Waals surface area contributed by atoms with Crippen LogP contribution in [0.3, 0.4) is 0 Å². The highest BCUT2D eigenvalue weighted by Crippen LogP contribution is 2.30. The van der Waals surface area contributed by atoms with Gasteiger partial charge in [-0.25, -0.2) is 4.98 Å². The Labute approximate surface area is 215 Å². The molecule has 37 heavy (non-hydrogen) atoms. The molecule has 6 rings (SSSR count). The summed E-state index contributed by atoms with van der Waals surface area (Å²) in [5.74, 6) is 2.71. The van der Waals surface area contributed by atoms with Gasteiger partial charge in [0.15, 0.2) is 11.6 Å². The summed E-state index contributed by atoms with van der Waals surface area (Å²) in [4.78, 5) is 17.9. The second-order valence-corrected chi connectivity index (χ2v) is 9.38. The molecule has 0 radical (unpaired) electrons. The fraction of sp³-hybridized carbons (Fsp3) is 0.200. The van der Waals surface area contributed by atoms with Crippen molar-refractivity contribution in [3.8, 4) is 34.2 Å². The fourth-order valence-electron chi connectivity index (χ4n) is 4.75. The molecule has 2 aromatic heterocycles. The van der Waals surface area contributed by atoms with Crippen molar-refractivity contribution in [2.75, 3.05) is 5.32 Å². The van der Waals surface area contributed by atoms with Crippen molar-refractivity contribution < 1.29 is 9.21 Å². The van der Waals surface area contributed by atoms with E-state index in [0.29, 0.717) is 28.5 Å². The molecular weight excluding hydrogens is 462 g/mol. The summed E-state index contributed by atoms with van der Waals surface area (Å²) >= 11 is 0. The van der Waals surface area contributed by atoms with Crippen molar-refractivity contribution in [1.82, 2.24) is 19.7 Å². The van der Waals surface area contributed by atoms with Gasteiger partial charge in [0.1, 0.15) is 5.82 Å². The highest BCUT2D eigenvalue weighted by Gasteiger charge is 2.19. The minimum Gasteiger partial charge on any atom is -0.436 e. The Morgan fingerprint density at radius 3 is 2.68 bits per heavy atom. The van der Waals surface area contributed by atoms with Crippen molar-refractivity contribution in [2.24, 2.45) is 0 Å². The third kappa shape index (κ3) is 4.68. The summed E-state index contributed by atoms with van der Waals surface area (Å²) < 4.78 is 8.26. The van der Waals surface area contributed by atoms with Crippen molar-refractivity contribution in [3.05, 3.63) is 95.9 Å². The van der Waals surface area contributed by atoms with Gasteiger partial charge in [0.05, 0.1) is 11.8 Å². The number of oxazole rings is 1. The largest absolute Gasteiger partial charge is 0.436 e. The smallest absolute Gasteiger partial charge is 0.256 e. The Kier molecular flexibility index (Phi) is 6.10. The number of hydrogen-bond acceptors (Lipinski definition) is 5. The number of aromatic nitrogens is 4. The lowest BCUT2D eigenvalue weighted by Gasteiger charge is -2.11. The molecule has 1 N–H and O–H groups in total. The fourth-order valence-corrected chi connectivity index (χ4v) is 4.75. The van der Waals surface area contributed by atoms with E-state index in [1.54, 1.807) is 12.3 Å². The Morgan fingerprint density at radius 2 is 1.78 bits per heavy atom. The van der Waals surface area contributed by atoms with Gasteiger partial charge in [-0.1, -0.05) is 60.5 Å². The Hall–Kier alpha value is -4.52. The van der Waals surface area contributed by atoms with Crippen LogP contribution in [0.1, 0.15) is 41.0 Å². The van der Waals surface area contributed by atoms with E-state index >= 15 is 0 Å². The zero-order valence-electron chi connectivity index (χ0n) is 20.6. The topological polar surface area (TPSA) is 85.8 Å². The molecule has 5 aromatic rings. The molecule has 0 bridgehead atoms. The quantitative estimate of drug-likeness (QED) is 0.302. The van der Waals surface area contributed by atoms with E-state index in [2.05, 4.69) is 25.1 Å². The lowest BCUT2D eigenvalue weighted by molar-refractivity contribution is 0.102. The summed E-state index contributed by atoms with van der Waals surface area (Å²) in [6.07, 6.45) is 6.12. The van der Waals surface area contributed by atoms with Gasteiger partial charge in [0.25, 0.3) is 5.91 Å². The van der Waals surface area contributed by atoms with Crippen molar-refractivity contribution in [2.45, 2.75) is 39.2 Å². The molecule has 0 atom stereocenters. The van der Waals surface area contributed by atoms with Crippen LogP contribution >= 0.6 is 0 Å². The number of rotatable bonds is 5. The molecule has 0 saturated carbocycles. The van der Waals surface area contributed by atoms with Gasteiger partial charge >= 0.3 is 0 Å². The molecule has 1 aliphatic rings. The summed E-state index contributed by atoms with van der Waals surface area (Å²) in [7, 11) is 0. The molecular formula is C30H27N5O2. The maximum absolute atomic E-state index is 13.4. The van der Waals surface area contributed by atoms with Crippen LogP contribution in [-0.2, 0) is 13.0 Å². The predicted molar refractivity (Wildman–Crippen MR) is 143 cm³/mol. The van der Waals surface area contributed by atoms with Gasteiger partial charge in [-0.15, -0.1) is 10.2 Å². The highest BCUT2D eigenvalue weighted by atomic mass is 16.4. The highest BCUT2D eigenvalue weighted by molar-refractivity contribution is 6.08. The van der Waals surface area contributed by atoms with Gasteiger partial charge in [0.2, 0.25) is 5.89 Å². The molecule has 1 aliphatic heterocycles. The normalized spacial score (nSPS) is 13.1. The maximum atomic E-state index is 13.4. The number of carbonyl (C=O) groups is 1. The van der Waals surface area contributed by atoms with Gasteiger partial charge in [-0.3, -0.25) is 4.79 Å². The van der Waals surface area contributed by atoms with E-state index in [1.165, 1.54) is 12.0 Å². The number of hydrogen-bond donors (Lipinski definition) is 1. The molecule has 0 aliphatic carbocycles. The zero-order valence-corrected chi connectivity index (χ0v) is 20.6. The molecule has 0 unspecified atom stereocenters. The lowest BCUT2D eigenvalue weighted by Crippen LogP contribution is -2.13. The Balaban J connectivity index is 1.26. The van der Waals surface area contributed by atoms with Crippen LogP contribution in [0, 0.1) is 6.92 Å².